The van der Waals surface area contributed by atoms with Gasteiger partial charge in [-0.15, -0.1) is 0 Å². The number of nitrogens with two attached hydrogens (primary N) is 2. The van der Waals surface area contributed by atoms with E-state index in [0.29, 0.717) is 29.3 Å². The van der Waals surface area contributed by atoms with Gasteiger partial charge in [0.15, 0.2) is 0 Å². The average Bonchev–Trinajstić information content (AvgIpc) is 2.63. The van der Waals surface area contributed by atoms with E-state index in [1.165, 1.54) is 6.20 Å². The first kappa shape index (κ1) is 17.9. The molecule has 2 heterocycles. The zero-order valence-corrected chi connectivity index (χ0v) is 14.5. The number of hydrogen-bond donors (Lipinski definition) is 4. The summed E-state index contributed by atoms with van der Waals surface area (Å²) in [6, 6.07) is 0.577. The van der Waals surface area contributed by atoms with Gasteiger partial charge in [-0.1, -0.05) is 0 Å². The van der Waals surface area contributed by atoms with Crippen LogP contribution in [0.5, 0.6) is 0 Å². The third-order valence-corrected chi connectivity index (χ3v) is 5.13. The van der Waals surface area contributed by atoms with E-state index in [4.69, 9.17) is 16.2 Å². The lowest BCUT2D eigenvalue weighted by Gasteiger charge is -2.29. The lowest BCUT2D eigenvalue weighted by molar-refractivity contribution is 0.0903. The van der Waals surface area contributed by atoms with E-state index in [-0.39, 0.29) is 6.04 Å². The zero-order valence-electron chi connectivity index (χ0n) is 14.5. The minimum atomic E-state index is -0.518. The molecule has 3 rings (SSSR count). The van der Waals surface area contributed by atoms with E-state index in [9.17, 15) is 4.79 Å². The fourth-order valence-corrected chi connectivity index (χ4v) is 3.50. The van der Waals surface area contributed by atoms with Crippen LogP contribution in [0.25, 0.3) is 0 Å². The molecular formula is C17H28N6O2. The summed E-state index contributed by atoms with van der Waals surface area (Å²) in [5.74, 6) is 1.13. The highest BCUT2D eigenvalue weighted by Crippen LogP contribution is 2.26. The molecule has 1 aromatic heterocycles. The van der Waals surface area contributed by atoms with Gasteiger partial charge >= 0.3 is 0 Å². The maximum atomic E-state index is 11.7. The predicted molar refractivity (Wildman–Crippen MR) is 96.4 cm³/mol. The van der Waals surface area contributed by atoms with Crippen molar-refractivity contribution in [3.63, 3.8) is 0 Å². The molecule has 25 heavy (non-hydrogen) atoms. The molecule has 2 fully saturated rings. The van der Waals surface area contributed by atoms with Crippen molar-refractivity contribution in [1.29, 1.82) is 0 Å². The number of nitrogens with zero attached hydrogens (tertiary/aromatic N) is 2. The van der Waals surface area contributed by atoms with Crippen LogP contribution in [0.1, 0.15) is 48.9 Å². The molecule has 0 aromatic carbocycles. The van der Waals surface area contributed by atoms with Crippen molar-refractivity contribution < 1.29 is 9.53 Å². The highest BCUT2D eigenvalue weighted by Gasteiger charge is 2.23. The smallest absolute Gasteiger partial charge is 0.254 e. The highest BCUT2D eigenvalue weighted by molar-refractivity contribution is 5.97. The first-order valence-corrected chi connectivity index (χ1v) is 9.13. The Morgan fingerprint density at radius 1 is 1.12 bits per heavy atom. The fourth-order valence-electron chi connectivity index (χ4n) is 3.50. The van der Waals surface area contributed by atoms with Gasteiger partial charge in [-0.2, -0.15) is 4.98 Å². The maximum absolute atomic E-state index is 11.7. The van der Waals surface area contributed by atoms with Gasteiger partial charge in [0, 0.05) is 31.5 Å². The number of primary amides is 1. The summed E-state index contributed by atoms with van der Waals surface area (Å²) >= 11 is 0. The molecule has 138 valence electrons. The van der Waals surface area contributed by atoms with Crippen LogP contribution >= 0.6 is 0 Å². The summed E-state index contributed by atoms with van der Waals surface area (Å²) in [4.78, 5) is 20.5. The minimum Gasteiger partial charge on any atom is -0.381 e. The number of ether oxygens (including phenoxy) is 1. The Hall–Kier alpha value is -1.93. The van der Waals surface area contributed by atoms with Crippen molar-refractivity contribution in [1.82, 2.24) is 9.97 Å². The van der Waals surface area contributed by atoms with E-state index < -0.39 is 5.91 Å². The summed E-state index contributed by atoms with van der Waals surface area (Å²) in [7, 11) is 0. The quantitative estimate of drug-likeness (QED) is 0.606. The van der Waals surface area contributed by atoms with Crippen LogP contribution < -0.4 is 22.1 Å². The first-order chi connectivity index (χ1) is 12.2. The van der Waals surface area contributed by atoms with Gasteiger partial charge in [-0.05, 0) is 51.0 Å². The fraction of sp³-hybridized carbons (Fsp3) is 0.706. The van der Waals surface area contributed by atoms with Gasteiger partial charge < -0.3 is 26.8 Å². The highest BCUT2D eigenvalue weighted by atomic mass is 16.5. The molecule has 0 unspecified atom stereocenters. The zero-order chi connectivity index (χ0) is 17.6. The Morgan fingerprint density at radius 2 is 1.80 bits per heavy atom. The third-order valence-electron chi connectivity index (χ3n) is 5.13. The summed E-state index contributed by atoms with van der Waals surface area (Å²) in [6.07, 6.45) is 7.58. The van der Waals surface area contributed by atoms with Crippen molar-refractivity contribution in [2.24, 2.45) is 17.4 Å². The molecule has 8 heteroatoms. The SMILES string of the molecule is NCC1CCC(Nc2nc(NC3CCOCC3)ncc2C(N)=O)CC1. The summed E-state index contributed by atoms with van der Waals surface area (Å²) in [5, 5.41) is 6.73. The number of rotatable bonds is 6. The van der Waals surface area contributed by atoms with E-state index in [1.54, 1.807) is 0 Å². The van der Waals surface area contributed by atoms with E-state index in [1.807, 2.05) is 0 Å². The summed E-state index contributed by atoms with van der Waals surface area (Å²) in [5.41, 5.74) is 11.6. The third kappa shape index (κ3) is 4.79. The average molecular weight is 348 g/mol. The molecule has 0 atom stereocenters. The van der Waals surface area contributed by atoms with Crippen LogP contribution in [0.15, 0.2) is 6.20 Å². The number of amides is 1. The number of anilines is 2. The van der Waals surface area contributed by atoms with Crippen molar-refractivity contribution >= 4 is 17.7 Å². The molecule has 0 spiro atoms. The molecule has 2 aliphatic rings. The Bertz CT molecular complexity index is 583. The monoisotopic (exact) mass is 348 g/mol. The van der Waals surface area contributed by atoms with Crippen LogP contribution in [-0.4, -0.2) is 47.7 Å². The van der Waals surface area contributed by atoms with E-state index in [0.717, 1.165) is 58.3 Å². The van der Waals surface area contributed by atoms with Gasteiger partial charge in [0.1, 0.15) is 5.82 Å². The topological polar surface area (TPSA) is 128 Å². The molecule has 1 aromatic rings. The second-order valence-electron chi connectivity index (χ2n) is 6.95. The van der Waals surface area contributed by atoms with Gasteiger partial charge in [0.05, 0.1) is 5.56 Å². The first-order valence-electron chi connectivity index (χ1n) is 9.13. The Morgan fingerprint density at radius 3 is 2.44 bits per heavy atom. The Kier molecular flexibility index (Phi) is 6.04. The standard InChI is InChI=1S/C17H28N6O2/c18-9-11-1-3-12(4-2-11)21-16-14(15(19)24)10-20-17(23-16)22-13-5-7-25-8-6-13/h10-13H,1-9,18H2,(H2,19,24)(H2,20,21,22,23). The molecule has 1 aliphatic heterocycles. The molecule has 0 radical (unpaired) electrons. The molecule has 1 aliphatic carbocycles. The number of carbonyl (C=O) groups is 1. The Labute approximate surface area is 148 Å². The van der Waals surface area contributed by atoms with Crippen molar-refractivity contribution in [3.05, 3.63) is 11.8 Å². The molecular weight excluding hydrogens is 320 g/mol. The molecule has 6 N–H and O–H groups in total. The maximum Gasteiger partial charge on any atom is 0.254 e. The van der Waals surface area contributed by atoms with Crippen LogP contribution in [-0.2, 0) is 4.74 Å². The molecule has 0 bridgehead atoms. The lowest BCUT2D eigenvalue weighted by atomic mass is 9.86. The van der Waals surface area contributed by atoms with Gasteiger partial charge in [-0.3, -0.25) is 4.79 Å². The molecule has 1 saturated carbocycles. The normalized spacial score (nSPS) is 24.7. The van der Waals surface area contributed by atoms with Crippen LogP contribution in [0.3, 0.4) is 0 Å². The van der Waals surface area contributed by atoms with Crippen molar-refractivity contribution in [3.8, 4) is 0 Å². The second kappa shape index (κ2) is 8.44. The lowest BCUT2D eigenvalue weighted by Crippen LogP contribution is -2.31. The van der Waals surface area contributed by atoms with Gasteiger partial charge in [0.2, 0.25) is 5.95 Å². The van der Waals surface area contributed by atoms with Gasteiger partial charge in [0.25, 0.3) is 5.91 Å². The number of nitrogens with one attached hydrogen (secondary N) is 2. The number of carbonyl (C=O) groups excluding carboxylic acids is 1. The van der Waals surface area contributed by atoms with E-state index in [2.05, 4.69) is 20.6 Å². The van der Waals surface area contributed by atoms with E-state index >= 15 is 0 Å². The number of hydrogen-bond acceptors (Lipinski definition) is 7. The largest absolute Gasteiger partial charge is 0.381 e. The molecule has 8 nitrogen and oxygen atoms in total. The van der Waals surface area contributed by atoms with Crippen molar-refractivity contribution in [2.75, 3.05) is 30.4 Å². The van der Waals surface area contributed by atoms with Crippen LogP contribution in [0, 0.1) is 5.92 Å². The number of aromatic nitrogens is 2. The molecule has 1 amide bonds. The summed E-state index contributed by atoms with van der Waals surface area (Å²) in [6.45, 7) is 2.23. The van der Waals surface area contributed by atoms with Crippen LogP contribution in [0.4, 0.5) is 11.8 Å². The minimum absolute atomic E-state index is 0.284. The Balaban J connectivity index is 1.69. The molecule has 1 saturated heterocycles. The predicted octanol–water partition coefficient (Wildman–Crippen LogP) is 1.10. The van der Waals surface area contributed by atoms with Crippen LogP contribution in [0.2, 0.25) is 0 Å². The van der Waals surface area contributed by atoms with Crippen molar-refractivity contribution in [2.45, 2.75) is 50.6 Å². The van der Waals surface area contributed by atoms with Gasteiger partial charge in [-0.25, -0.2) is 4.98 Å². The summed E-state index contributed by atoms with van der Waals surface area (Å²) < 4.78 is 5.37. The second-order valence-corrected chi connectivity index (χ2v) is 6.95.